The Hall–Kier alpha value is -2.41. The van der Waals surface area contributed by atoms with Crippen molar-refractivity contribution in [3.63, 3.8) is 0 Å². The van der Waals surface area contributed by atoms with Crippen LogP contribution in [0.1, 0.15) is 25.5 Å². The minimum atomic E-state index is -0.250. The maximum atomic E-state index is 11.8. The average Bonchev–Trinajstić information content (AvgIpc) is 2.88. The standard InChI is InChI=1S/C13H15ClN4O.CH2O2/c1-9(2)18-15-8-12(17-18)16-13(19)7-10-4-3-5-11(14)6-10;2-1-3/h3-6,8-9H,7H2,1-2H3,(H,16,17,19);1H,(H,2,3). The molecule has 0 atom stereocenters. The third-order valence-electron chi connectivity index (χ3n) is 2.49. The molecule has 1 aromatic heterocycles. The number of carbonyl (C=O) groups excluding carboxylic acids is 1. The molecule has 0 aliphatic heterocycles. The molecule has 0 aliphatic carbocycles. The Labute approximate surface area is 132 Å². The SMILES string of the molecule is CC(C)n1ncc(NC(=O)Cc2cccc(Cl)c2)n1.O=CO. The van der Waals surface area contributed by atoms with Crippen LogP contribution in [0.4, 0.5) is 5.82 Å². The summed E-state index contributed by atoms with van der Waals surface area (Å²) in [7, 11) is 0. The van der Waals surface area contributed by atoms with Crippen LogP contribution in [0.2, 0.25) is 5.02 Å². The predicted molar refractivity (Wildman–Crippen MR) is 82.9 cm³/mol. The summed E-state index contributed by atoms with van der Waals surface area (Å²) >= 11 is 5.87. The van der Waals surface area contributed by atoms with Gasteiger partial charge >= 0.3 is 0 Å². The second kappa shape index (κ2) is 8.78. The molecule has 0 aliphatic rings. The van der Waals surface area contributed by atoms with Gasteiger partial charge in [-0.15, -0.1) is 5.10 Å². The fraction of sp³-hybridized carbons (Fsp3) is 0.286. The first-order valence-corrected chi connectivity index (χ1v) is 6.88. The fourth-order valence-electron chi connectivity index (χ4n) is 1.60. The summed E-state index contributed by atoms with van der Waals surface area (Å²) < 4.78 is 0. The Morgan fingerprint density at radius 2 is 2.18 bits per heavy atom. The van der Waals surface area contributed by atoms with Gasteiger partial charge in [-0.25, -0.2) is 0 Å². The highest BCUT2D eigenvalue weighted by Gasteiger charge is 2.08. The second-order valence-electron chi connectivity index (χ2n) is 4.60. The number of hydrogen-bond donors (Lipinski definition) is 2. The zero-order valence-corrected chi connectivity index (χ0v) is 13.0. The molecule has 2 aromatic rings. The number of nitrogens with one attached hydrogen (secondary N) is 1. The molecular weight excluding hydrogens is 308 g/mol. The number of carboxylic acid groups (broad SMARTS) is 1. The lowest BCUT2D eigenvalue weighted by Crippen LogP contribution is -2.15. The van der Waals surface area contributed by atoms with E-state index in [2.05, 4.69) is 15.5 Å². The van der Waals surface area contributed by atoms with Crippen molar-refractivity contribution in [1.82, 2.24) is 15.0 Å². The number of aromatic nitrogens is 3. The molecule has 0 bridgehead atoms. The monoisotopic (exact) mass is 324 g/mol. The average molecular weight is 325 g/mol. The van der Waals surface area contributed by atoms with E-state index in [-0.39, 0.29) is 24.8 Å². The molecule has 1 amide bonds. The minimum absolute atomic E-state index is 0.141. The van der Waals surface area contributed by atoms with E-state index in [1.165, 1.54) is 6.20 Å². The van der Waals surface area contributed by atoms with Crippen LogP contribution in [0.5, 0.6) is 0 Å². The van der Waals surface area contributed by atoms with Gasteiger partial charge < -0.3 is 10.4 Å². The van der Waals surface area contributed by atoms with Crippen LogP contribution in [0.15, 0.2) is 30.5 Å². The number of rotatable bonds is 4. The van der Waals surface area contributed by atoms with Crippen LogP contribution in [-0.4, -0.2) is 32.5 Å². The lowest BCUT2D eigenvalue weighted by Gasteiger charge is -2.03. The van der Waals surface area contributed by atoms with Gasteiger partial charge in [0.15, 0.2) is 5.82 Å². The van der Waals surface area contributed by atoms with Gasteiger partial charge in [-0.2, -0.15) is 9.90 Å². The molecule has 8 heteroatoms. The highest BCUT2D eigenvalue weighted by Crippen LogP contribution is 2.12. The van der Waals surface area contributed by atoms with Crippen LogP contribution in [0, 0.1) is 0 Å². The number of halogens is 1. The van der Waals surface area contributed by atoms with Crippen LogP contribution < -0.4 is 5.32 Å². The van der Waals surface area contributed by atoms with Crippen molar-refractivity contribution in [2.75, 3.05) is 5.32 Å². The summed E-state index contributed by atoms with van der Waals surface area (Å²) in [5.74, 6) is 0.318. The van der Waals surface area contributed by atoms with Crippen LogP contribution in [0.3, 0.4) is 0 Å². The van der Waals surface area contributed by atoms with Crippen LogP contribution >= 0.6 is 11.6 Å². The molecular formula is C14H17ClN4O3. The quantitative estimate of drug-likeness (QED) is 0.842. The van der Waals surface area contributed by atoms with Crippen molar-refractivity contribution in [3.05, 3.63) is 41.0 Å². The van der Waals surface area contributed by atoms with Crippen molar-refractivity contribution in [1.29, 1.82) is 0 Å². The summed E-state index contributed by atoms with van der Waals surface area (Å²) in [6.07, 6.45) is 1.80. The number of benzene rings is 1. The normalized spacial score (nSPS) is 9.82. The fourth-order valence-corrected chi connectivity index (χ4v) is 1.81. The van der Waals surface area contributed by atoms with Crippen molar-refractivity contribution in [3.8, 4) is 0 Å². The molecule has 1 heterocycles. The first-order chi connectivity index (χ1) is 10.5. The molecule has 1 aromatic carbocycles. The van der Waals surface area contributed by atoms with Gasteiger partial charge in [-0.1, -0.05) is 23.7 Å². The Morgan fingerprint density at radius 3 is 2.73 bits per heavy atom. The third-order valence-corrected chi connectivity index (χ3v) is 2.73. The summed E-state index contributed by atoms with van der Waals surface area (Å²) in [5, 5.41) is 18.4. The Kier molecular flexibility index (Phi) is 7.04. The van der Waals surface area contributed by atoms with Crippen molar-refractivity contribution < 1.29 is 14.7 Å². The van der Waals surface area contributed by atoms with Gasteiger partial charge in [0, 0.05) is 5.02 Å². The minimum Gasteiger partial charge on any atom is -0.483 e. The van der Waals surface area contributed by atoms with Gasteiger partial charge in [0.05, 0.1) is 18.7 Å². The molecule has 118 valence electrons. The lowest BCUT2D eigenvalue weighted by molar-refractivity contribution is -0.123. The second-order valence-corrected chi connectivity index (χ2v) is 5.04. The Bertz CT molecular complexity index is 628. The molecule has 0 saturated heterocycles. The van der Waals surface area contributed by atoms with E-state index in [0.29, 0.717) is 10.8 Å². The number of nitrogens with zero attached hydrogens (tertiary/aromatic N) is 3. The zero-order chi connectivity index (χ0) is 16.5. The van der Waals surface area contributed by atoms with Crippen molar-refractivity contribution in [2.45, 2.75) is 26.3 Å². The summed E-state index contributed by atoms with van der Waals surface area (Å²) in [6, 6.07) is 7.39. The molecule has 0 saturated carbocycles. The van der Waals surface area contributed by atoms with E-state index >= 15 is 0 Å². The van der Waals surface area contributed by atoms with Crippen LogP contribution in [-0.2, 0) is 16.0 Å². The van der Waals surface area contributed by atoms with Crippen molar-refractivity contribution in [2.24, 2.45) is 0 Å². The van der Waals surface area contributed by atoms with E-state index in [4.69, 9.17) is 21.5 Å². The van der Waals surface area contributed by atoms with E-state index in [9.17, 15) is 4.79 Å². The number of hydrogen-bond acceptors (Lipinski definition) is 4. The molecule has 2 rings (SSSR count). The van der Waals surface area contributed by atoms with E-state index < -0.39 is 0 Å². The predicted octanol–water partition coefficient (Wildman–Crippen LogP) is 2.39. The molecule has 22 heavy (non-hydrogen) atoms. The van der Waals surface area contributed by atoms with Crippen LogP contribution in [0.25, 0.3) is 0 Å². The maximum absolute atomic E-state index is 11.8. The molecule has 0 radical (unpaired) electrons. The topological polar surface area (TPSA) is 97.1 Å². The molecule has 2 N–H and O–H groups in total. The summed E-state index contributed by atoms with van der Waals surface area (Å²) in [5.41, 5.74) is 0.862. The Morgan fingerprint density at radius 1 is 1.50 bits per heavy atom. The van der Waals surface area contributed by atoms with E-state index in [0.717, 1.165) is 5.56 Å². The van der Waals surface area contributed by atoms with Gasteiger partial charge in [0.1, 0.15) is 0 Å². The zero-order valence-electron chi connectivity index (χ0n) is 12.2. The highest BCUT2D eigenvalue weighted by molar-refractivity contribution is 6.30. The molecule has 0 unspecified atom stereocenters. The molecule has 0 fully saturated rings. The highest BCUT2D eigenvalue weighted by atomic mass is 35.5. The Balaban J connectivity index is 0.000000745. The van der Waals surface area contributed by atoms with Gasteiger partial charge in [0.25, 0.3) is 6.47 Å². The molecule has 7 nitrogen and oxygen atoms in total. The van der Waals surface area contributed by atoms with Gasteiger partial charge in [-0.05, 0) is 31.5 Å². The van der Waals surface area contributed by atoms with E-state index in [1.54, 1.807) is 16.9 Å². The number of carbonyl (C=O) groups is 2. The third kappa shape index (κ3) is 5.92. The maximum Gasteiger partial charge on any atom is 0.290 e. The first kappa shape index (κ1) is 17.6. The first-order valence-electron chi connectivity index (χ1n) is 6.50. The number of amides is 1. The smallest absolute Gasteiger partial charge is 0.290 e. The lowest BCUT2D eigenvalue weighted by atomic mass is 10.1. The molecule has 0 spiro atoms. The van der Waals surface area contributed by atoms with Gasteiger partial charge in [-0.3, -0.25) is 9.59 Å². The summed E-state index contributed by atoms with van der Waals surface area (Å²) in [4.78, 5) is 21.8. The van der Waals surface area contributed by atoms with Crippen molar-refractivity contribution >= 4 is 29.8 Å². The largest absolute Gasteiger partial charge is 0.483 e. The van der Waals surface area contributed by atoms with E-state index in [1.807, 2.05) is 26.0 Å². The summed E-state index contributed by atoms with van der Waals surface area (Å²) in [6.45, 7) is 3.69. The van der Waals surface area contributed by atoms with Gasteiger partial charge in [0.2, 0.25) is 5.91 Å². The number of anilines is 1.